The van der Waals surface area contributed by atoms with Gasteiger partial charge in [0.05, 0.1) is 12.9 Å². The molecule has 2 amide bonds. The van der Waals surface area contributed by atoms with Gasteiger partial charge in [0.2, 0.25) is 0 Å². The molecule has 0 spiro atoms. The molecule has 0 bridgehead atoms. The summed E-state index contributed by atoms with van der Waals surface area (Å²) in [5.74, 6) is 0. The molecule has 20 heavy (non-hydrogen) atoms. The van der Waals surface area contributed by atoms with Crippen LogP contribution in [0.25, 0.3) is 0 Å². The highest BCUT2D eigenvalue weighted by Crippen LogP contribution is 2.17. The van der Waals surface area contributed by atoms with Gasteiger partial charge >= 0.3 is 6.03 Å². The molecule has 3 rings (SSSR count). The summed E-state index contributed by atoms with van der Waals surface area (Å²) in [4.78, 5) is 28.8. The van der Waals surface area contributed by atoms with Crippen LogP contribution in [0.5, 0.6) is 0 Å². The number of benzene rings is 1. The lowest BCUT2D eigenvalue weighted by molar-refractivity contribution is 0.252. The third-order valence-corrected chi connectivity index (χ3v) is 3.25. The number of carbonyl (C=O) groups is 1. The third-order valence-electron chi connectivity index (χ3n) is 3.25. The Morgan fingerprint density at radius 1 is 1.15 bits per heavy atom. The molecule has 0 saturated carbocycles. The standard InChI is InChI=1S/C14H14N4O2/c19-13-5-6-15-10-17(13)9-11-1-3-12(4-2-11)18-8-7-16-14(18)20/h1-6,10H,7-9H2,(H,16,20). The molecule has 2 heterocycles. The van der Waals surface area contributed by atoms with Crippen molar-refractivity contribution in [2.24, 2.45) is 0 Å². The second-order valence-electron chi connectivity index (χ2n) is 4.60. The molecule has 6 nitrogen and oxygen atoms in total. The van der Waals surface area contributed by atoms with Crippen LogP contribution >= 0.6 is 0 Å². The molecule has 1 aliphatic heterocycles. The smallest absolute Gasteiger partial charge is 0.321 e. The highest BCUT2D eigenvalue weighted by atomic mass is 16.2. The van der Waals surface area contributed by atoms with Crippen LogP contribution in [0, 0.1) is 0 Å². The number of carbonyl (C=O) groups excluding carboxylic acids is 1. The molecule has 6 heteroatoms. The van der Waals surface area contributed by atoms with E-state index in [9.17, 15) is 9.59 Å². The lowest BCUT2D eigenvalue weighted by Crippen LogP contribution is -2.27. The second-order valence-corrected chi connectivity index (χ2v) is 4.60. The van der Waals surface area contributed by atoms with E-state index >= 15 is 0 Å². The van der Waals surface area contributed by atoms with Crippen molar-refractivity contribution in [1.29, 1.82) is 0 Å². The van der Waals surface area contributed by atoms with E-state index in [1.165, 1.54) is 23.2 Å². The summed E-state index contributed by atoms with van der Waals surface area (Å²) in [6.45, 7) is 1.82. The number of aromatic nitrogens is 2. The molecule has 0 unspecified atom stereocenters. The van der Waals surface area contributed by atoms with Gasteiger partial charge in [0.15, 0.2) is 0 Å². The monoisotopic (exact) mass is 270 g/mol. The van der Waals surface area contributed by atoms with E-state index in [4.69, 9.17) is 0 Å². The van der Waals surface area contributed by atoms with E-state index in [0.717, 1.165) is 11.3 Å². The minimum Gasteiger partial charge on any atom is -0.336 e. The predicted octanol–water partition coefficient (Wildman–Crippen LogP) is 0.821. The Hall–Kier alpha value is -2.63. The fourth-order valence-corrected chi connectivity index (χ4v) is 2.19. The molecule has 0 aliphatic carbocycles. The van der Waals surface area contributed by atoms with E-state index in [1.807, 2.05) is 24.3 Å². The van der Waals surface area contributed by atoms with Gasteiger partial charge in [0.1, 0.15) is 0 Å². The average molecular weight is 270 g/mol. The predicted molar refractivity (Wildman–Crippen MR) is 74.8 cm³/mol. The van der Waals surface area contributed by atoms with E-state index in [-0.39, 0.29) is 11.6 Å². The second kappa shape index (κ2) is 5.16. The Bertz CT molecular complexity index is 678. The lowest BCUT2D eigenvalue weighted by atomic mass is 10.2. The Kier molecular flexibility index (Phi) is 3.20. The number of anilines is 1. The summed E-state index contributed by atoms with van der Waals surface area (Å²) >= 11 is 0. The number of hydrogen-bond donors (Lipinski definition) is 1. The largest absolute Gasteiger partial charge is 0.336 e. The molecule has 1 N–H and O–H groups in total. The Balaban J connectivity index is 1.78. The van der Waals surface area contributed by atoms with Crippen LogP contribution in [0.3, 0.4) is 0 Å². The van der Waals surface area contributed by atoms with Crippen LogP contribution in [0.15, 0.2) is 47.7 Å². The van der Waals surface area contributed by atoms with Crippen LogP contribution in [0.4, 0.5) is 10.5 Å². The van der Waals surface area contributed by atoms with Gasteiger partial charge in [-0.15, -0.1) is 0 Å². The maximum Gasteiger partial charge on any atom is 0.321 e. The molecule has 0 atom stereocenters. The summed E-state index contributed by atoms with van der Waals surface area (Å²) in [6.07, 6.45) is 3.00. The zero-order valence-corrected chi connectivity index (χ0v) is 10.8. The molecule has 1 saturated heterocycles. The number of urea groups is 1. The Morgan fingerprint density at radius 3 is 2.60 bits per heavy atom. The number of nitrogens with zero attached hydrogens (tertiary/aromatic N) is 3. The third kappa shape index (κ3) is 2.40. The quantitative estimate of drug-likeness (QED) is 0.898. The van der Waals surface area contributed by atoms with Crippen LogP contribution in [0.2, 0.25) is 0 Å². The van der Waals surface area contributed by atoms with Gasteiger partial charge in [-0.25, -0.2) is 9.78 Å². The fourth-order valence-electron chi connectivity index (χ4n) is 2.19. The molecule has 102 valence electrons. The van der Waals surface area contributed by atoms with Crippen molar-refractivity contribution < 1.29 is 4.79 Å². The maximum atomic E-state index is 11.6. The van der Waals surface area contributed by atoms with Crippen LogP contribution in [0.1, 0.15) is 5.56 Å². The lowest BCUT2D eigenvalue weighted by Gasteiger charge is -2.14. The Labute approximate surface area is 115 Å². The number of amides is 2. The van der Waals surface area contributed by atoms with Gasteiger partial charge in [-0.3, -0.25) is 14.3 Å². The molecule has 1 fully saturated rings. The summed E-state index contributed by atoms with van der Waals surface area (Å²) in [7, 11) is 0. The van der Waals surface area contributed by atoms with Crippen LogP contribution in [-0.2, 0) is 6.54 Å². The van der Waals surface area contributed by atoms with Crippen molar-refractivity contribution in [3.63, 3.8) is 0 Å². The van der Waals surface area contributed by atoms with Gasteiger partial charge in [-0.05, 0) is 17.7 Å². The first kappa shape index (κ1) is 12.4. The van der Waals surface area contributed by atoms with Crippen molar-refractivity contribution >= 4 is 11.7 Å². The summed E-state index contributed by atoms with van der Waals surface area (Å²) in [6, 6.07) is 8.98. The van der Waals surface area contributed by atoms with Crippen molar-refractivity contribution in [3.8, 4) is 0 Å². The van der Waals surface area contributed by atoms with Crippen molar-refractivity contribution in [2.45, 2.75) is 6.54 Å². The average Bonchev–Trinajstić information content (AvgIpc) is 2.89. The number of nitrogens with one attached hydrogen (secondary N) is 1. The van der Waals surface area contributed by atoms with E-state index < -0.39 is 0 Å². The van der Waals surface area contributed by atoms with Crippen molar-refractivity contribution in [1.82, 2.24) is 14.9 Å². The topological polar surface area (TPSA) is 67.2 Å². The van der Waals surface area contributed by atoms with Gasteiger partial charge in [-0.1, -0.05) is 12.1 Å². The Morgan fingerprint density at radius 2 is 1.95 bits per heavy atom. The summed E-state index contributed by atoms with van der Waals surface area (Å²) < 4.78 is 1.54. The fraction of sp³-hybridized carbons (Fsp3) is 0.214. The van der Waals surface area contributed by atoms with Gasteiger partial charge in [0, 0.05) is 31.0 Å². The highest BCUT2D eigenvalue weighted by Gasteiger charge is 2.20. The first-order chi connectivity index (χ1) is 9.74. The molecule has 0 radical (unpaired) electrons. The molecular formula is C14H14N4O2. The summed E-state index contributed by atoms with van der Waals surface area (Å²) in [5.41, 5.74) is 1.77. The first-order valence-electron chi connectivity index (χ1n) is 6.39. The molecule has 2 aromatic rings. The van der Waals surface area contributed by atoms with E-state index in [1.54, 1.807) is 4.90 Å². The molecule has 1 aromatic carbocycles. The van der Waals surface area contributed by atoms with Gasteiger partial charge in [-0.2, -0.15) is 0 Å². The first-order valence-corrected chi connectivity index (χ1v) is 6.39. The molecule has 1 aliphatic rings. The zero-order valence-electron chi connectivity index (χ0n) is 10.8. The van der Waals surface area contributed by atoms with Crippen LogP contribution in [-0.4, -0.2) is 28.7 Å². The highest BCUT2D eigenvalue weighted by molar-refractivity contribution is 5.93. The zero-order chi connectivity index (χ0) is 13.9. The minimum absolute atomic E-state index is 0.0683. The van der Waals surface area contributed by atoms with Gasteiger partial charge in [0.25, 0.3) is 5.56 Å². The maximum absolute atomic E-state index is 11.6. The van der Waals surface area contributed by atoms with Crippen molar-refractivity contribution in [2.75, 3.05) is 18.0 Å². The van der Waals surface area contributed by atoms with E-state index in [2.05, 4.69) is 10.3 Å². The normalized spacial score (nSPS) is 14.4. The van der Waals surface area contributed by atoms with Crippen LogP contribution < -0.4 is 15.8 Å². The SMILES string of the molecule is O=C1NCCN1c1ccc(Cn2cnccc2=O)cc1. The number of hydrogen-bond acceptors (Lipinski definition) is 3. The minimum atomic E-state index is -0.0806. The van der Waals surface area contributed by atoms with Gasteiger partial charge < -0.3 is 5.32 Å². The number of rotatable bonds is 3. The molecule has 1 aromatic heterocycles. The van der Waals surface area contributed by atoms with Crippen molar-refractivity contribution in [3.05, 3.63) is 58.8 Å². The van der Waals surface area contributed by atoms with E-state index in [0.29, 0.717) is 19.6 Å². The molecular weight excluding hydrogens is 256 g/mol. The summed E-state index contributed by atoms with van der Waals surface area (Å²) in [5, 5.41) is 2.76.